The van der Waals surface area contributed by atoms with Crippen LogP contribution in [0.2, 0.25) is 0 Å². The monoisotopic (exact) mass is 354 g/mol. The lowest BCUT2D eigenvalue weighted by molar-refractivity contribution is 0.0697. The maximum Gasteiger partial charge on any atom is 0.335 e. The van der Waals surface area contributed by atoms with Gasteiger partial charge in [0.25, 0.3) is 0 Å². The van der Waals surface area contributed by atoms with Crippen molar-refractivity contribution in [2.24, 2.45) is 5.10 Å². The Hall–Kier alpha value is -3.13. The highest BCUT2D eigenvalue weighted by Gasteiger charge is 2.11. The number of aromatic carboxylic acids is 1. The fourth-order valence-corrected chi connectivity index (χ4v) is 2.33. The Balaban J connectivity index is 1.89. The number of methoxy groups -OCH3 is 1. The minimum atomic E-state index is -0.971. The summed E-state index contributed by atoms with van der Waals surface area (Å²) in [5.74, 6) is 0.302. The second-order valence-electron chi connectivity index (χ2n) is 5.04. The molecule has 0 saturated carbocycles. The fraction of sp³-hybridized carbons (Fsp3) is 0.0588. The Morgan fingerprint density at radius 3 is 2.44 bits per heavy atom. The number of rotatable bonds is 5. The first kappa shape index (κ1) is 16.7. The number of carboxylic acid groups (broad SMARTS) is 1. The van der Waals surface area contributed by atoms with E-state index in [0.717, 1.165) is 16.9 Å². The molecule has 0 unspecified atom stereocenters. The summed E-state index contributed by atoms with van der Waals surface area (Å²) in [5.41, 5.74) is 1.77. The molecular formula is C17H14N4O3S. The van der Waals surface area contributed by atoms with Gasteiger partial charge in [-0.1, -0.05) is 12.1 Å². The van der Waals surface area contributed by atoms with E-state index in [-0.39, 0.29) is 5.56 Å². The van der Waals surface area contributed by atoms with Crippen molar-refractivity contribution in [1.29, 1.82) is 0 Å². The van der Waals surface area contributed by atoms with Crippen molar-refractivity contribution in [1.82, 2.24) is 14.9 Å². The molecule has 1 heterocycles. The van der Waals surface area contributed by atoms with Crippen LogP contribution < -0.4 is 4.74 Å². The summed E-state index contributed by atoms with van der Waals surface area (Å²) in [4.78, 5) is 10.9. The lowest BCUT2D eigenvalue weighted by Gasteiger charge is -2.04. The van der Waals surface area contributed by atoms with Crippen molar-refractivity contribution in [2.45, 2.75) is 5.16 Å². The van der Waals surface area contributed by atoms with E-state index in [2.05, 4.69) is 27.9 Å². The molecule has 0 spiro atoms. The molecule has 8 heteroatoms. The highest BCUT2D eigenvalue weighted by molar-refractivity contribution is 7.80. The lowest BCUT2D eigenvalue weighted by Crippen LogP contribution is -1.97. The standard InChI is InChI=1S/C17H14N4O3S/c1-24-14-8-6-12(7-9-14)15-19-20-17(25)21(15)18-10-11-2-4-13(5-3-11)16(22)23/h2-10H,1H3,(H,20,25)(H,22,23). The molecule has 0 aliphatic heterocycles. The molecule has 3 rings (SSSR count). The second-order valence-corrected chi connectivity index (χ2v) is 5.44. The van der Waals surface area contributed by atoms with Crippen LogP contribution in [0.3, 0.4) is 0 Å². The predicted molar refractivity (Wildman–Crippen MR) is 95.7 cm³/mol. The first-order chi connectivity index (χ1) is 12.1. The topological polar surface area (TPSA) is 89.6 Å². The first-order valence-corrected chi connectivity index (χ1v) is 7.69. The Bertz CT molecular complexity index is 918. The molecule has 7 nitrogen and oxygen atoms in total. The molecule has 1 N–H and O–H groups in total. The number of carbonyl (C=O) groups is 1. The number of ether oxygens (including phenoxy) is 1. The average Bonchev–Trinajstić information content (AvgIpc) is 3.01. The van der Waals surface area contributed by atoms with Gasteiger partial charge in [-0.15, -0.1) is 22.8 Å². The number of hydrogen-bond donors (Lipinski definition) is 2. The Morgan fingerprint density at radius 1 is 1.16 bits per heavy atom. The van der Waals surface area contributed by atoms with Gasteiger partial charge in [0.15, 0.2) is 5.82 Å². The van der Waals surface area contributed by atoms with Gasteiger partial charge in [0.05, 0.1) is 18.9 Å². The fourth-order valence-electron chi connectivity index (χ4n) is 2.13. The molecule has 0 amide bonds. The van der Waals surface area contributed by atoms with Crippen molar-refractivity contribution >= 4 is 24.8 Å². The lowest BCUT2D eigenvalue weighted by atomic mass is 10.1. The number of nitrogens with zero attached hydrogens (tertiary/aromatic N) is 4. The van der Waals surface area contributed by atoms with E-state index in [1.54, 1.807) is 25.5 Å². The van der Waals surface area contributed by atoms with Crippen LogP contribution in [-0.2, 0) is 0 Å². The molecule has 3 aromatic rings. The number of thiol groups is 1. The largest absolute Gasteiger partial charge is 0.497 e. The third-order valence-electron chi connectivity index (χ3n) is 3.45. The maximum atomic E-state index is 10.9. The third-order valence-corrected chi connectivity index (χ3v) is 3.73. The summed E-state index contributed by atoms with van der Waals surface area (Å²) in [5, 5.41) is 21.6. The Labute approximate surface area is 149 Å². The first-order valence-electron chi connectivity index (χ1n) is 7.25. The van der Waals surface area contributed by atoms with Crippen molar-refractivity contribution in [3.8, 4) is 17.1 Å². The highest BCUT2D eigenvalue weighted by Crippen LogP contribution is 2.22. The van der Waals surface area contributed by atoms with Gasteiger partial charge in [0, 0.05) is 5.56 Å². The second kappa shape index (κ2) is 7.18. The van der Waals surface area contributed by atoms with Gasteiger partial charge in [-0.25, -0.2) is 4.79 Å². The number of benzene rings is 2. The minimum Gasteiger partial charge on any atom is -0.497 e. The van der Waals surface area contributed by atoms with Crippen LogP contribution in [0, 0.1) is 0 Å². The molecule has 0 atom stereocenters. The summed E-state index contributed by atoms with van der Waals surface area (Å²) in [6.07, 6.45) is 1.59. The van der Waals surface area contributed by atoms with Crippen LogP contribution >= 0.6 is 12.6 Å². The zero-order valence-corrected chi connectivity index (χ0v) is 14.1. The molecule has 1 aromatic heterocycles. The molecule has 0 bridgehead atoms. The predicted octanol–water partition coefficient (Wildman–Crippen LogP) is 2.82. The zero-order chi connectivity index (χ0) is 17.8. The molecule has 0 saturated heterocycles. The van der Waals surface area contributed by atoms with Crippen molar-refractivity contribution in [3.63, 3.8) is 0 Å². The number of aromatic nitrogens is 3. The van der Waals surface area contributed by atoms with E-state index in [1.807, 2.05) is 24.3 Å². The van der Waals surface area contributed by atoms with Crippen molar-refractivity contribution in [3.05, 3.63) is 59.7 Å². The van der Waals surface area contributed by atoms with Crippen LogP contribution in [0.25, 0.3) is 11.4 Å². The number of carboxylic acids is 1. The summed E-state index contributed by atoms with van der Waals surface area (Å²) in [6.45, 7) is 0. The van der Waals surface area contributed by atoms with E-state index in [9.17, 15) is 4.79 Å². The molecule has 126 valence electrons. The van der Waals surface area contributed by atoms with E-state index in [4.69, 9.17) is 9.84 Å². The average molecular weight is 354 g/mol. The maximum absolute atomic E-state index is 10.9. The third kappa shape index (κ3) is 3.69. The number of hydrogen-bond acceptors (Lipinski definition) is 6. The van der Waals surface area contributed by atoms with Crippen molar-refractivity contribution < 1.29 is 14.6 Å². The minimum absolute atomic E-state index is 0.218. The molecular weight excluding hydrogens is 340 g/mol. The van der Waals surface area contributed by atoms with Gasteiger partial charge in [-0.3, -0.25) is 0 Å². The molecule has 0 radical (unpaired) electrons. The van der Waals surface area contributed by atoms with Gasteiger partial charge in [0.1, 0.15) is 5.75 Å². The quantitative estimate of drug-likeness (QED) is 0.543. The molecule has 0 fully saturated rings. The van der Waals surface area contributed by atoms with E-state index in [0.29, 0.717) is 11.0 Å². The normalized spacial score (nSPS) is 11.0. The van der Waals surface area contributed by atoms with Crippen LogP contribution in [-0.4, -0.2) is 39.3 Å². The van der Waals surface area contributed by atoms with E-state index in [1.165, 1.54) is 16.8 Å². The van der Waals surface area contributed by atoms with E-state index < -0.39 is 5.97 Å². The summed E-state index contributed by atoms with van der Waals surface area (Å²) in [6, 6.07) is 13.7. The summed E-state index contributed by atoms with van der Waals surface area (Å²) >= 11 is 4.27. The summed E-state index contributed by atoms with van der Waals surface area (Å²) < 4.78 is 6.64. The van der Waals surface area contributed by atoms with Gasteiger partial charge < -0.3 is 9.84 Å². The van der Waals surface area contributed by atoms with Gasteiger partial charge in [-0.2, -0.15) is 9.78 Å². The SMILES string of the molecule is COc1ccc(-c2nnc(S)n2N=Cc2ccc(C(=O)O)cc2)cc1. The van der Waals surface area contributed by atoms with Gasteiger partial charge in [-0.05, 0) is 42.0 Å². The molecule has 0 aliphatic rings. The zero-order valence-electron chi connectivity index (χ0n) is 13.2. The smallest absolute Gasteiger partial charge is 0.335 e. The van der Waals surface area contributed by atoms with Gasteiger partial charge in [0.2, 0.25) is 5.16 Å². The molecule has 0 aliphatic carbocycles. The van der Waals surface area contributed by atoms with Crippen LogP contribution in [0.4, 0.5) is 0 Å². The van der Waals surface area contributed by atoms with Crippen LogP contribution in [0.1, 0.15) is 15.9 Å². The molecule has 2 aromatic carbocycles. The van der Waals surface area contributed by atoms with Gasteiger partial charge >= 0.3 is 5.97 Å². The summed E-state index contributed by atoms with van der Waals surface area (Å²) in [7, 11) is 1.60. The Kier molecular flexibility index (Phi) is 4.80. The Morgan fingerprint density at radius 2 is 1.84 bits per heavy atom. The van der Waals surface area contributed by atoms with Crippen molar-refractivity contribution in [2.75, 3.05) is 7.11 Å². The van der Waals surface area contributed by atoms with E-state index >= 15 is 0 Å². The molecule has 25 heavy (non-hydrogen) atoms. The van der Waals surface area contributed by atoms with Crippen LogP contribution in [0.15, 0.2) is 58.8 Å². The van der Waals surface area contributed by atoms with Crippen LogP contribution in [0.5, 0.6) is 5.75 Å². The highest BCUT2D eigenvalue weighted by atomic mass is 32.1.